The normalized spacial score (nSPS) is 10.6. The third-order valence-electron chi connectivity index (χ3n) is 4.56. The summed E-state index contributed by atoms with van der Waals surface area (Å²) in [6, 6.07) is 13.4. The van der Waals surface area contributed by atoms with Gasteiger partial charge in [-0.25, -0.2) is 4.68 Å². The van der Waals surface area contributed by atoms with Gasteiger partial charge in [-0.3, -0.25) is 25.2 Å². The standard InChI is InChI=1S/C22H24N4O4/c1-3-5-14-30-16-12-10-15(11-13-16)20(27)23-24-21(28)19-17-8-6-7-9-18(17)22(29)26(4-2)25-19/h6-13H,3-5,14H2,1-2H3,(H,23,27)(H,24,28). The Balaban J connectivity index is 1.70. The SMILES string of the molecule is CCCCOc1ccc(C(=O)NNC(=O)c2nn(CC)c(=O)c3ccccc23)cc1. The molecule has 8 nitrogen and oxygen atoms in total. The summed E-state index contributed by atoms with van der Waals surface area (Å²) >= 11 is 0. The Hall–Kier alpha value is -3.68. The minimum Gasteiger partial charge on any atom is -0.494 e. The molecule has 0 saturated carbocycles. The maximum absolute atomic E-state index is 12.7. The first kappa shape index (κ1) is 21.0. The Kier molecular flexibility index (Phi) is 6.79. The number of benzene rings is 2. The van der Waals surface area contributed by atoms with Crippen LogP contribution in [-0.4, -0.2) is 28.2 Å². The molecule has 30 heavy (non-hydrogen) atoms. The molecule has 0 bridgehead atoms. The van der Waals surface area contributed by atoms with Crippen molar-refractivity contribution in [3.8, 4) is 5.75 Å². The van der Waals surface area contributed by atoms with Gasteiger partial charge < -0.3 is 4.74 Å². The first-order valence-electron chi connectivity index (χ1n) is 9.88. The number of nitrogens with one attached hydrogen (secondary N) is 2. The van der Waals surface area contributed by atoms with E-state index in [1.807, 2.05) is 0 Å². The van der Waals surface area contributed by atoms with Crippen molar-refractivity contribution in [3.05, 3.63) is 70.1 Å². The highest BCUT2D eigenvalue weighted by molar-refractivity contribution is 6.06. The molecule has 0 unspecified atom stereocenters. The summed E-state index contributed by atoms with van der Waals surface area (Å²) in [6.45, 7) is 4.80. The van der Waals surface area contributed by atoms with Crippen LogP contribution in [0.4, 0.5) is 0 Å². The Morgan fingerprint density at radius 1 is 0.967 bits per heavy atom. The fourth-order valence-corrected chi connectivity index (χ4v) is 2.90. The number of fused-ring (bicyclic) bond motifs is 1. The number of hydrogen-bond acceptors (Lipinski definition) is 5. The minimum absolute atomic E-state index is 0.0621. The van der Waals surface area contributed by atoms with Crippen LogP contribution in [0.1, 0.15) is 47.5 Å². The number of nitrogens with zero attached hydrogens (tertiary/aromatic N) is 2. The van der Waals surface area contributed by atoms with E-state index in [9.17, 15) is 14.4 Å². The second kappa shape index (κ2) is 9.69. The topological polar surface area (TPSA) is 102 Å². The van der Waals surface area contributed by atoms with Crippen molar-refractivity contribution >= 4 is 22.6 Å². The van der Waals surface area contributed by atoms with Gasteiger partial charge in [0.25, 0.3) is 17.4 Å². The van der Waals surface area contributed by atoms with Crippen LogP contribution >= 0.6 is 0 Å². The molecule has 3 aromatic rings. The Morgan fingerprint density at radius 2 is 1.63 bits per heavy atom. The molecule has 0 atom stereocenters. The minimum atomic E-state index is -0.610. The number of ether oxygens (including phenoxy) is 1. The van der Waals surface area contributed by atoms with Gasteiger partial charge in [0, 0.05) is 17.5 Å². The zero-order chi connectivity index (χ0) is 21.5. The van der Waals surface area contributed by atoms with Crippen LogP contribution in [-0.2, 0) is 6.54 Å². The summed E-state index contributed by atoms with van der Waals surface area (Å²) in [6.07, 6.45) is 2.00. The van der Waals surface area contributed by atoms with Gasteiger partial charge >= 0.3 is 0 Å². The van der Waals surface area contributed by atoms with E-state index in [1.54, 1.807) is 55.5 Å². The fraction of sp³-hybridized carbons (Fsp3) is 0.273. The second-order valence-corrected chi connectivity index (χ2v) is 6.65. The predicted molar refractivity (Wildman–Crippen MR) is 113 cm³/mol. The van der Waals surface area contributed by atoms with Crippen LogP contribution in [0.2, 0.25) is 0 Å². The maximum atomic E-state index is 12.7. The van der Waals surface area contributed by atoms with Gasteiger partial charge in [0.1, 0.15) is 5.75 Å². The van der Waals surface area contributed by atoms with Crippen molar-refractivity contribution in [2.24, 2.45) is 0 Å². The van der Waals surface area contributed by atoms with Crippen molar-refractivity contribution in [1.29, 1.82) is 0 Å². The molecule has 2 N–H and O–H groups in total. The van der Waals surface area contributed by atoms with E-state index < -0.39 is 11.8 Å². The van der Waals surface area contributed by atoms with E-state index in [2.05, 4.69) is 22.9 Å². The van der Waals surface area contributed by atoms with Gasteiger partial charge in [-0.05, 0) is 43.7 Å². The molecule has 8 heteroatoms. The molecular formula is C22H24N4O4. The van der Waals surface area contributed by atoms with Crippen LogP contribution in [0, 0.1) is 0 Å². The summed E-state index contributed by atoms with van der Waals surface area (Å²) in [7, 11) is 0. The molecule has 2 amide bonds. The van der Waals surface area contributed by atoms with Crippen LogP contribution in [0.5, 0.6) is 5.75 Å². The van der Waals surface area contributed by atoms with Crippen molar-refractivity contribution in [3.63, 3.8) is 0 Å². The zero-order valence-corrected chi connectivity index (χ0v) is 17.0. The monoisotopic (exact) mass is 408 g/mol. The van der Waals surface area contributed by atoms with E-state index in [0.29, 0.717) is 35.2 Å². The molecule has 0 aliphatic carbocycles. The van der Waals surface area contributed by atoms with E-state index in [-0.39, 0.29) is 11.3 Å². The number of hydrazine groups is 1. The molecule has 1 heterocycles. The van der Waals surface area contributed by atoms with Crippen LogP contribution in [0.3, 0.4) is 0 Å². The first-order chi connectivity index (χ1) is 14.5. The van der Waals surface area contributed by atoms with Crippen molar-refractivity contribution in [2.75, 3.05) is 6.61 Å². The number of aryl methyl sites for hydroxylation is 1. The molecule has 3 rings (SSSR count). The van der Waals surface area contributed by atoms with Crippen molar-refractivity contribution < 1.29 is 14.3 Å². The van der Waals surface area contributed by atoms with E-state index >= 15 is 0 Å². The van der Waals surface area contributed by atoms with Crippen LogP contribution in [0.25, 0.3) is 10.8 Å². The Morgan fingerprint density at radius 3 is 2.30 bits per heavy atom. The third kappa shape index (κ3) is 4.65. The molecule has 0 aliphatic rings. The fourth-order valence-electron chi connectivity index (χ4n) is 2.90. The number of hydrogen-bond donors (Lipinski definition) is 2. The summed E-state index contributed by atoms with van der Waals surface area (Å²) in [4.78, 5) is 37.4. The number of rotatable bonds is 7. The van der Waals surface area contributed by atoms with Gasteiger partial charge in [-0.1, -0.05) is 31.5 Å². The summed E-state index contributed by atoms with van der Waals surface area (Å²) < 4.78 is 6.79. The number of aromatic nitrogens is 2. The molecular weight excluding hydrogens is 384 g/mol. The molecule has 0 fully saturated rings. The van der Waals surface area contributed by atoms with Crippen LogP contribution in [0.15, 0.2) is 53.3 Å². The third-order valence-corrected chi connectivity index (χ3v) is 4.56. The van der Waals surface area contributed by atoms with Gasteiger partial charge in [0.2, 0.25) is 0 Å². The summed E-state index contributed by atoms with van der Waals surface area (Å²) in [5, 5.41) is 4.96. The van der Waals surface area contributed by atoms with E-state index in [1.165, 1.54) is 4.68 Å². The molecule has 0 saturated heterocycles. The lowest BCUT2D eigenvalue weighted by atomic mass is 10.1. The number of unbranched alkanes of at least 4 members (excludes halogenated alkanes) is 1. The average molecular weight is 408 g/mol. The molecule has 156 valence electrons. The van der Waals surface area contributed by atoms with E-state index in [4.69, 9.17) is 4.74 Å². The van der Waals surface area contributed by atoms with Crippen molar-refractivity contribution in [1.82, 2.24) is 20.6 Å². The van der Waals surface area contributed by atoms with Crippen LogP contribution < -0.4 is 21.1 Å². The summed E-state index contributed by atoms with van der Waals surface area (Å²) in [5.41, 5.74) is 4.91. The van der Waals surface area contributed by atoms with Gasteiger partial charge in [0.15, 0.2) is 5.69 Å². The second-order valence-electron chi connectivity index (χ2n) is 6.65. The highest BCUT2D eigenvalue weighted by Gasteiger charge is 2.17. The Bertz CT molecular complexity index is 1110. The lowest BCUT2D eigenvalue weighted by molar-refractivity contribution is 0.0843. The van der Waals surface area contributed by atoms with Gasteiger partial charge in [-0.15, -0.1) is 0 Å². The molecule has 0 spiro atoms. The lowest BCUT2D eigenvalue weighted by Gasteiger charge is -2.11. The smallest absolute Gasteiger partial charge is 0.290 e. The van der Waals surface area contributed by atoms with Gasteiger partial charge in [0.05, 0.1) is 12.0 Å². The highest BCUT2D eigenvalue weighted by atomic mass is 16.5. The zero-order valence-electron chi connectivity index (χ0n) is 17.0. The molecule has 0 radical (unpaired) electrons. The van der Waals surface area contributed by atoms with Crippen molar-refractivity contribution in [2.45, 2.75) is 33.2 Å². The summed E-state index contributed by atoms with van der Waals surface area (Å²) in [5.74, 6) is -0.403. The highest BCUT2D eigenvalue weighted by Crippen LogP contribution is 2.14. The molecule has 0 aliphatic heterocycles. The maximum Gasteiger partial charge on any atom is 0.290 e. The number of carbonyl (C=O) groups excluding carboxylic acids is 2. The molecule has 1 aromatic heterocycles. The first-order valence-corrected chi connectivity index (χ1v) is 9.88. The average Bonchev–Trinajstić information content (AvgIpc) is 2.78. The molecule has 2 aromatic carbocycles. The largest absolute Gasteiger partial charge is 0.494 e. The number of amides is 2. The number of carbonyl (C=O) groups is 2. The van der Waals surface area contributed by atoms with Gasteiger partial charge in [-0.2, -0.15) is 5.10 Å². The lowest BCUT2D eigenvalue weighted by Crippen LogP contribution is -2.42. The van der Waals surface area contributed by atoms with E-state index in [0.717, 1.165) is 12.8 Å². The predicted octanol–water partition coefficient (Wildman–Crippen LogP) is 2.67. The quantitative estimate of drug-likeness (QED) is 0.462. The Labute approximate surface area is 173 Å².